The SMILES string of the molecule is CCOc1cc(C(=O)N2CCC3(CC2)CC(=O)c2cc(Nc4ccnn4C)ccc2O3)cc(-c2nnn[n-]2)c1.[Na+]. The van der Waals surface area contributed by atoms with Crippen LogP contribution in [0, 0.1) is 0 Å². The molecule has 0 saturated carbocycles. The van der Waals surface area contributed by atoms with E-state index < -0.39 is 5.60 Å². The van der Waals surface area contributed by atoms with Crippen molar-refractivity contribution < 1.29 is 48.6 Å². The number of hydrogen-bond acceptors (Lipinski definition) is 9. The Morgan fingerprint density at radius 1 is 1.18 bits per heavy atom. The van der Waals surface area contributed by atoms with Crippen LogP contribution in [-0.2, 0) is 7.05 Å². The number of ketones is 1. The first-order chi connectivity index (χ1) is 18.9. The Morgan fingerprint density at radius 2 is 2.00 bits per heavy atom. The number of anilines is 2. The number of aromatic nitrogens is 6. The second-order valence-electron chi connectivity index (χ2n) is 9.73. The number of amides is 1. The number of benzene rings is 2. The molecule has 200 valence electrons. The number of carbonyl (C=O) groups is 2. The van der Waals surface area contributed by atoms with Gasteiger partial charge in [0, 0.05) is 56.1 Å². The summed E-state index contributed by atoms with van der Waals surface area (Å²) in [6.07, 6.45) is 3.08. The molecule has 1 saturated heterocycles. The van der Waals surface area contributed by atoms with Gasteiger partial charge in [0.15, 0.2) is 5.78 Å². The van der Waals surface area contributed by atoms with E-state index in [1.54, 1.807) is 34.0 Å². The maximum atomic E-state index is 13.5. The Hall–Kier alpha value is -3.74. The molecule has 0 bridgehead atoms. The molecule has 1 fully saturated rings. The van der Waals surface area contributed by atoms with Crippen molar-refractivity contribution in [3.05, 3.63) is 59.8 Å². The third-order valence-electron chi connectivity index (χ3n) is 7.19. The quantitative estimate of drug-likeness (QED) is 0.327. The van der Waals surface area contributed by atoms with Crippen molar-refractivity contribution in [2.45, 2.75) is 31.8 Å². The van der Waals surface area contributed by atoms with Gasteiger partial charge in [-0.05, 0) is 48.9 Å². The summed E-state index contributed by atoms with van der Waals surface area (Å²) in [6.45, 7) is 3.26. The summed E-state index contributed by atoms with van der Waals surface area (Å²) in [7, 11) is 1.84. The van der Waals surface area contributed by atoms with Crippen LogP contribution in [0.15, 0.2) is 48.7 Å². The minimum absolute atomic E-state index is 0. The summed E-state index contributed by atoms with van der Waals surface area (Å²) < 4.78 is 13.8. The van der Waals surface area contributed by atoms with Gasteiger partial charge < -0.3 is 24.8 Å². The van der Waals surface area contributed by atoms with Gasteiger partial charge in [0.1, 0.15) is 22.9 Å². The van der Waals surface area contributed by atoms with Gasteiger partial charge in [0.25, 0.3) is 5.91 Å². The fourth-order valence-corrected chi connectivity index (χ4v) is 5.16. The van der Waals surface area contributed by atoms with Crippen molar-refractivity contribution in [2.75, 3.05) is 25.0 Å². The Morgan fingerprint density at radius 3 is 2.70 bits per heavy atom. The Balaban J connectivity index is 0.00000323. The van der Waals surface area contributed by atoms with E-state index in [0.717, 1.165) is 11.5 Å². The zero-order valence-electron chi connectivity index (χ0n) is 22.6. The molecule has 4 aromatic rings. The van der Waals surface area contributed by atoms with Gasteiger partial charge >= 0.3 is 29.6 Å². The summed E-state index contributed by atoms with van der Waals surface area (Å²) >= 11 is 0. The van der Waals surface area contributed by atoms with E-state index in [4.69, 9.17) is 9.47 Å². The molecule has 0 unspecified atom stereocenters. The molecule has 2 aromatic carbocycles. The molecule has 6 rings (SSSR count). The van der Waals surface area contributed by atoms with E-state index in [-0.39, 0.29) is 47.7 Å². The van der Waals surface area contributed by atoms with Gasteiger partial charge in [-0.2, -0.15) is 10.3 Å². The number of Topliss-reactive ketones (excluding diaryl/α,β-unsaturated/α-hetero) is 1. The van der Waals surface area contributed by atoms with E-state index in [1.165, 1.54) is 0 Å². The van der Waals surface area contributed by atoms with Crippen LogP contribution in [0.3, 0.4) is 0 Å². The van der Waals surface area contributed by atoms with Crippen molar-refractivity contribution in [3.63, 3.8) is 0 Å². The molecule has 12 nitrogen and oxygen atoms in total. The largest absolute Gasteiger partial charge is 1.00 e. The summed E-state index contributed by atoms with van der Waals surface area (Å²) in [5.74, 6) is 2.18. The molecule has 1 spiro atoms. The summed E-state index contributed by atoms with van der Waals surface area (Å²) in [5, 5.41) is 22.3. The number of nitrogens with one attached hydrogen (secondary N) is 1. The first-order valence-electron chi connectivity index (χ1n) is 12.8. The summed E-state index contributed by atoms with van der Waals surface area (Å²) in [6, 6.07) is 12.6. The average molecular weight is 551 g/mol. The summed E-state index contributed by atoms with van der Waals surface area (Å²) in [4.78, 5) is 28.5. The third kappa shape index (κ3) is 5.47. The van der Waals surface area contributed by atoms with Crippen molar-refractivity contribution in [3.8, 4) is 22.9 Å². The van der Waals surface area contributed by atoms with Gasteiger partial charge in [0.2, 0.25) is 0 Å². The second-order valence-corrected chi connectivity index (χ2v) is 9.73. The van der Waals surface area contributed by atoms with Crippen LogP contribution in [0.2, 0.25) is 0 Å². The van der Waals surface area contributed by atoms with Crippen LogP contribution in [0.1, 0.15) is 46.9 Å². The third-order valence-corrected chi connectivity index (χ3v) is 7.19. The van der Waals surface area contributed by atoms with Crippen LogP contribution in [0.25, 0.3) is 11.4 Å². The number of piperidine rings is 1. The molecule has 13 heteroatoms. The number of nitrogens with zero attached hydrogens (tertiary/aromatic N) is 7. The van der Waals surface area contributed by atoms with E-state index in [0.29, 0.717) is 66.6 Å². The number of hydrogen-bond donors (Lipinski definition) is 1. The van der Waals surface area contributed by atoms with Crippen LogP contribution >= 0.6 is 0 Å². The average Bonchev–Trinajstić information content (AvgIpc) is 3.62. The number of aryl methyl sites for hydroxylation is 1. The molecular formula is C27H27N8NaO4. The molecule has 2 aromatic heterocycles. The van der Waals surface area contributed by atoms with Crippen LogP contribution in [0.5, 0.6) is 11.5 Å². The van der Waals surface area contributed by atoms with E-state index in [9.17, 15) is 9.59 Å². The second kappa shape index (κ2) is 11.4. The first kappa shape index (κ1) is 27.8. The number of rotatable bonds is 6. The Bertz CT molecular complexity index is 1530. The maximum Gasteiger partial charge on any atom is 1.00 e. The molecule has 0 atom stereocenters. The minimum Gasteiger partial charge on any atom is -0.494 e. The number of fused-ring (bicyclic) bond motifs is 1. The predicted molar refractivity (Wildman–Crippen MR) is 140 cm³/mol. The number of carbonyl (C=O) groups excluding carboxylic acids is 2. The standard InChI is InChI=1S/C27H27N8O4.Na/c1-3-38-20-13-17(25-30-32-33-31-25)12-18(14-20)26(37)35-10-7-27(8-11-35)16-22(36)21-15-19(4-5-23(21)39-27)29-24-6-9-28-34(24)2;/h4-6,9,12-15H,3,7-8,10-11,16H2,1-2H3,(H-,28,29,30,31,32,33);/q-1;+1. The molecule has 0 aliphatic carbocycles. The molecule has 2 aliphatic heterocycles. The first-order valence-corrected chi connectivity index (χ1v) is 12.8. The smallest absolute Gasteiger partial charge is 0.494 e. The predicted octanol–water partition coefficient (Wildman–Crippen LogP) is 0.0158. The zero-order chi connectivity index (χ0) is 27.0. The monoisotopic (exact) mass is 550 g/mol. The normalized spacial score (nSPS) is 15.7. The maximum absolute atomic E-state index is 13.5. The molecule has 1 N–H and O–H groups in total. The van der Waals surface area contributed by atoms with E-state index in [1.807, 2.05) is 38.2 Å². The number of tetrazole rings is 1. The fraction of sp³-hybridized carbons (Fsp3) is 0.333. The number of likely N-dealkylation sites (tertiary alicyclic amines) is 1. The van der Waals surface area contributed by atoms with Crippen LogP contribution in [0.4, 0.5) is 11.5 Å². The van der Waals surface area contributed by atoms with Gasteiger partial charge in [-0.25, -0.2) is 0 Å². The molecule has 1 amide bonds. The van der Waals surface area contributed by atoms with Crippen molar-refractivity contribution in [2.24, 2.45) is 7.05 Å². The van der Waals surface area contributed by atoms with Crippen LogP contribution < -0.4 is 49.4 Å². The van der Waals surface area contributed by atoms with Crippen molar-refractivity contribution >= 4 is 23.2 Å². The molecule has 40 heavy (non-hydrogen) atoms. The summed E-state index contributed by atoms with van der Waals surface area (Å²) in [5.41, 5.74) is 1.80. The molecule has 2 aliphatic rings. The Kier molecular flexibility index (Phi) is 7.92. The molecular weight excluding hydrogens is 523 g/mol. The van der Waals surface area contributed by atoms with Crippen LogP contribution in [-0.4, -0.2) is 67.2 Å². The van der Waals surface area contributed by atoms with Crippen molar-refractivity contribution in [1.82, 2.24) is 35.3 Å². The van der Waals surface area contributed by atoms with Crippen molar-refractivity contribution in [1.29, 1.82) is 0 Å². The van der Waals surface area contributed by atoms with Gasteiger partial charge in [-0.1, -0.05) is 0 Å². The zero-order valence-corrected chi connectivity index (χ0v) is 24.6. The van der Waals surface area contributed by atoms with Gasteiger partial charge in [-0.15, -0.1) is 0 Å². The van der Waals surface area contributed by atoms with Gasteiger partial charge in [0.05, 0.1) is 24.8 Å². The molecule has 4 heterocycles. The number of ether oxygens (including phenoxy) is 2. The topological polar surface area (TPSA) is 138 Å². The van der Waals surface area contributed by atoms with E-state index >= 15 is 0 Å². The fourth-order valence-electron chi connectivity index (χ4n) is 5.16. The minimum atomic E-state index is -0.628. The van der Waals surface area contributed by atoms with E-state index in [2.05, 4.69) is 31.0 Å². The van der Waals surface area contributed by atoms with Gasteiger partial charge in [-0.3, -0.25) is 24.6 Å². The molecule has 0 radical (unpaired) electrons. The Labute approximate surface area is 252 Å².